The van der Waals surface area contributed by atoms with E-state index in [0.717, 1.165) is 23.9 Å². The molecule has 1 heterocycles. The number of para-hydroxylation sites is 1. The Morgan fingerprint density at radius 2 is 1.91 bits per heavy atom. The van der Waals surface area contributed by atoms with E-state index in [1.54, 1.807) is 18.2 Å². The van der Waals surface area contributed by atoms with E-state index in [0.29, 0.717) is 6.92 Å². The Balaban J connectivity index is 1.92. The maximum absolute atomic E-state index is 13.7. The lowest BCUT2D eigenvalue weighted by Gasteiger charge is -2.39. The van der Waals surface area contributed by atoms with Crippen molar-refractivity contribution in [2.45, 2.75) is 37.7 Å². The molecule has 0 bridgehead atoms. The number of carbonyl (C=O) groups excluding carboxylic acids is 1. The number of nitrogens with one attached hydrogen (secondary N) is 1. The van der Waals surface area contributed by atoms with E-state index in [2.05, 4.69) is 15.3 Å². The first-order valence-electron chi connectivity index (χ1n) is 9.79. The summed E-state index contributed by atoms with van der Waals surface area (Å²) in [6, 6.07) is 6.91. The summed E-state index contributed by atoms with van der Waals surface area (Å²) in [7, 11) is -3.59. The van der Waals surface area contributed by atoms with Gasteiger partial charge in [0.05, 0.1) is 6.04 Å². The van der Waals surface area contributed by atoms with Gasteiger partial charge in [0, 0.05) is 37.6 Å². The Labute approximate surface area is 187 Å². The zero-order valence-corrected chi connectivity index (χ0v) is 18.5. The molecule has 1 aliphatic carbocycles. The molecule has 0 saturated heterocycles. The molecule has 2 aromatic rings. The Morgan fingerprint density at radius 3 is 2.45 bits per heavy atom. The largest absolute Gasteiger partial charge is 0.438 e. The highest BCUT2D eigenvalue weighted by Crippen LogP contribution is 2.44. The monoisotopic (exact) mass is 487 g/mol. The van der Waals surface area contributed by atoms with Crippen molar-refractivity contribution >= 4 is 15.7 Å². The van der Waals surface area contributed by atoms with Crippen LogP contribution in [0.2, 0.25) is 0 Å². The number of ether oxygens (including phenoxy) is 1. The first-order valence-corrected chi connectivity index (χ1v) is 11.7. The Morgan fingerprint density at radius 1 is 1.27 bits per heavy atom. The average Bonchev–Trinajstić information content (AvgIpc) is 2.68. The molecule has 3 rings (SSSR count). The smallest absolute Gasteiger partial charge is 0.303 e. The van der Waals surface area contributed by atoms with Crippen molar-refractivity contribution in [3.8, 4) is 11.6 Å². The summed E-state index contributed by atoms with van der Waals surface area (Å²) < 4.78 is 82.7. The molecular formula is C21H21F4N3O4S. The lowest BCUT2D eigenvalue weighted by Crippen LogP contribution is -2.49. The fourth-order valence-corrected chi connectivity index (χ4v) is 3.61. The maximum atomic E-state index is 13.7. The molecule has 1 N–H and O–H groups in total. The second-order valence-corrected chi connectivity index (χ2v) is 9.83. The third kappa shape index (κ3) is 6.73. The van der Waals surface area contributed by atoms with Gasteiger partial charge in [0.1, 0.15) is 11.3 Å². The van der Waals surface area contributed by atoms with Crippen LogP contribution in [-0.4, -0.2) is 42.5 Å². The van der Waals surface area contributed by atoms with Crippen molar-refractivity contribution in [2.75, 3.05) is 6.26 Å². The van der Waals surface area contributed by atoms with Gasteiger partial charge in [0.25, 0.3) is 5.91 Å². The standard InChI is InChI=1S/C21H21F4N3O4S/c1-20(22,23)19-26-12-15(18(28-19)32-14-6-4-3-5-7-14)17(29)27-16(8-9-33(2,30)31)13-10-21(24,25)11-13/h3-9,12-13,16H,10-11H2,1-2H3,(H,27,29)/b9-8+/t16-/m1/s1. The van der Waals surface area contributed by atoms with Gasteiger partial charge in [0.2, 0.25) is 17.6 Å². The van der Waals surface area contributed by atoms with E-state index in [4.69, 9.17) is 4.74 Å². The molecule has 1 atom stereocenters. The van der Waals surface area contributed by atoms with Gasteiger partial charge in [-0.05, 0) is 18.1 Å². The first kappa shape index (κ1) is 24.6. The number of hydrogen-bond acceptors (Lipinski definition) is 6. The summed E-state index contributed by atoms with van der Waals surface area (Å²) >= 11 is 0. The molecule has 7 nitrogen and oxygen atoms in total. The summed E-state index contributed by atoms with van der Waals surface area (Å²) in [6.07, 6.45) is 1.79. The van der Waals surface area contributed by atoms with E-state index in [-0.39, 0.29) is 11.3 Å². The fraction of sp³-hybridized carbons (Fsp3) is 0.381. The summed E-state index contributed by atoms with van der Waals surface area (Å²) in [4.78, 5) is 20.1. The summed E-state index contributed by atoms with van der Waals surface area (Å²) in [6.45, 7) is 0.581. The number of aromatic nitrogens is 2. The molecule has 0 spiro atoms. The van der Waals surface area contributed by atoms with Gasteiger partial charge in [-0.15, -0.1) is 0 Å². The molecule has 0 radical (unpaired) electrons. The molecule has 0 aliphatic heterocycles. The number of sulfone groups is 1. The van der Waals surface area contributed by atoms with Gasteiger partial charge in [-0.25, -0.2) is 22.2 Å². The first-order chi connectivity index (χ1) is 15.2. The highest BCUT2D eigenvalue weighted by molar-refractivity contribution is 7.93. The second-order valence-electron chi connectivity index (χ2n) is 7.90. The van der Waals surface area contributed by atoms with Gasteiger partial charge in [-0.1, -0.05) is 24.3 Å². The number of alkyl halides is 4. The normalized spacial score (nSPS) is 17.4. The van der Waals surface area contributed by atoms with Crippen LogP contribution in [0.5, 0.6) is 11.6 Å². The highest BCUT2D eigenvalue weighted by atomic mass is 32.2. The SMILES string of the molecule is CC(F)(F)c1ncc(C(=O)N[C@H](/C=C/S(C)(=O)=O)C2CC(F)(F)C2)c(Oc2ccccc2)n1. The quantitative estimate of drug-likeness (QED) is 0.564. The minimum Gasteiger partial charge on any atom is -0.438 e. The molecule has 1 fully saturated rings. The minimum absolute atomic E-state index is 0.211. The molecule has 1 aromatic carbocycles. The lowest BCUT2D eigenvalue weighted by atomic mass is 9.76. The zero-order chi connectivity index (χ0) is 24.4. The molecule has 33 heavy (non-hydrogen) atoms. The van der Waals surface area contributed by atoms with Crippen LogP contribution in [0, 0.1) is 5.92 Å². The predicted octanol–water partition coefficient (Wildman–Crippen LogP) is 4.08. The van der Waals surface area contributed by atoms with Crippen molar-refractivity contribution in [3.63, 3.8) is 0 Å². The minimum atomic E-state index is -3.59. The van der Waals surface area contributed by atoms with Crippen LogP contribution in [0.25, 0.3) is 0 Å². The fourth-order valence-electron chi connectivity index (χ4n) is 3.15. The van der Waals surface area contributed by atoms with Crippen LogP contribution < -0.4 is 10.1 Å². The molecule has 12 heteroatoms. The van der Waals surface area contributed by atoms with E-state index in [1.807, 2.05) is 0 Å². The predicted molar refractivity (Wildman–Crippen MR) is 111 cm³/mol. The van der Waals surface area contributed by atoms with E-state index in [9.17, 15) is 30.8 Å². The molecule has 0 unspecified atom stereocenters. The van der Waals surface area contributed by atoms with Crippen molar-refractivity contribution in [3.05, 3.63) is 59.4 Å². The Kier molecular flexibility index (Phi) is 6.78. The summed E-state index contributed by atoms with van der Waals surface area (Å²) in [5.74, 6) is -9.07. The van der Waals surface area contributed by atoms with E-state index >= 15 is 0 Å². The van der Waals surface area contributed by atoms with Crippen LogP contribution in [0.4, 0.5) is 17.6 Å². The lowest BCUT2D eigenvalue weighted by molar-refractivity contribution is -0.114. The molecular weight excluding hydrogens is 466 g/mol. The molecule has 1 aliphatic rings. The van der Waals surface area contributed by atoms with Gasteiger partial charge >= 0.3 is 5.92 Å². The summed E-state index contributed by atoms with van der Waals surface area (Å²) in [5, 5.41) is 3.27. The van der Waals surface area contributed by atoms with Gasteiger partial charge in [-0.2, -0.15) is 13.8 Å². The zero-order valence-electron chi connectivity index (χ0n) is 17.6. The Bertz CT molecular complexity index is 1140. The highest BCUT2D eigenvalue weighted by Gasteiger charge is 2.48. The Hall–Kier alpha value is -3.02. The van der Waals surface area contributed by atoms with Crippen LogP contribution >= 0.6 is 0 Å². The molecule has 1 aromatic heterocycles. The van der Waals surface area contributed by atoms with Crippen molar-refractivity contribution in [1.29, 1.82) is 0 Å². The number of rotatable bonds is 8. The van der Waals surface area contributed by atoms with Gasteiger partial charge < -0.3 is 10.1 Å². The number of hydrogen-bond donors (Lipinski definition) is 1. The number of amides is 1. The second kappa shape index (κ2) is 9.08. The van der Waals surface area contributed by atoms with Crippen LogP contribution in [0.3, 0.4) is 0 Å². The molecule has 1 amide bonds. The molecule has 178 valence electrons. The van der Waals surface area contributed by atoms with Crippen LogP contribution in [0.1, 0.15) is 35.9 Å². The van der Waals surface area contributed by atoms with Gasteiger partial charge in [-0.3, -0.25) is 4.79 Å². The van der Waals surface area contributed by atoms with E-state index in [1.165, 1.54) is 12.1 Å². The number of benzene rings is 1. The topological polar surface area (TPSA) is 98.2 Å². The van der Waals surface area contributed by atoms with Crippen molar-refractivity contribution in [1.82, 2.24) is 15.3 Å². The number of halogens is 4. The van der Waals surface area contributed by atoms with Crippen LogP contribution in [0.15, 0.2) is 48.0 Å². The third-order valence-corrected chi connectivity index (χ3v) is 5.46. The number of carbonyl (C=O) groups is 1. The third-order valence-electron chi connectivity index (χ3n) is 4.81. The van der Waals surface area contributed by atoms with E-state index < -0.39 is 64.1 Å². The van der Waals surface area contributed by atoms with Gasteiger partial charge in [0.15, 0.2) is 9.84 Å². The maximum Gasteiger partial charge on any atom is 0.303 e. The van der Waals surface area contributed by atoms with Crippen LogP contribution in [-0.2, 0) is 15.8 Å². The number of nitrogens with zero attached hydrogens (tertiary/aromatic N) is 2. The average molecular weight is 487 g/mol. The van der Waals surface area contributed by atoms with Crippen molar-refractivity contribution in [2.24, 2.45) is 5.92 Å². The van der Waals surface area contributed by atoms with Crippen molar-refractivity contribution < 1.29 is 35.5 Å². The summed E-state index contributed by atoms with van der Waals surface area (Å²) in [5.41, 5.74) is -0.323. The molecule has 1 saturated carbocycles.